The van der Waals surface area contributed by atoms with Crippen molar-refractivity contribution >= 4 is 11.8 Å². The summed E-state index contributed by atoms with van der Waals surface area (Å²) in [4.78, 5) is 30.8. The van der Waals surface area contributed by atoms with Crippen molar-refractivity contribution in [1.29, 1.82) is 0 Å². The second kappa shape index (κ2) is 5.28. The normalized spacial score (nSPS) is 14.0. The first-order valence-corrected chi connectivity index (χ1v) is 7.16. The van der Waals surface area contributed by atoms with E-state index in [9.17, 15) is 9.59 Å². The molecule has 0 bridgehead atoms. The van der Waals surface area contributed by atoms with Gasteiger partial charge in [0.15, 0.2) is 0 Å². The molecule has 22 heavy (non-hydrogen) atoms. The summed E-state index contributed by atoms with van der Waals surface area (Å²) in [6.45, 7) is 5.28. The molecule has 2 heterocycles. The zero-order valence-electron chi connectivity index (χ0n) is 12.7. The molecule has 1 aliphatic carbocycles. The van der Waals surface area contributed by atoms with E-state index in [-0.39, 0.29) is 23.6 Å². The van der Waals surface area contributed by atoms with Gasteiger partial charge in [0.25, 0.3) is 5.56 Å². The summed E-state index contributed by atoms with van der Waals surface area (Å²) in [5.74, 6) is 0.741. The minimum Gasteiger partial charge on any atom is -0.335 e. The first-order chi connectivity index (χ1) is 10.4. The summed E-state index contributed by atoms with van der Waals surface area (Å²) >= 11 is 0. The lowest BCUT2D eigenvalue weighted by molar-refractivity contribution is 0.251. The summed E-state index contributed by atoms with van der Waals surface area (Å²) in [5, 5.41) is 9.86. The van der Waals surface area contributed by atoms with Crippen LogP contribution in [0, 0.1) is 20.8 Å². The van der Waals surface area contributed by atoms with Gasteiger partial charge in [-0.3, -0.25) is 15.1 Å². The molecule has 0 spiro atoms. The summed E-state index contributed by atoms with van der Waals surface area (Å²) < 4.78 is 1.43. The van der Waals surface area contributed by atoms with Crippen molar-refractivity contribution in [2.24, 2.45) is 0 Å². The minimum atomic E-state index is -0.283. The van der Waals surface area contributed by atoms with Crippen molar-refractivity contribution in [3.05, 3.63) is 33.4 Å². The monoisotopic (exact) mass is 302 g/mol. The van der Waals surface area contributed by atoms with Crippen molar-refractivity contribution in [2.45, 2.75) is 39.7 Å². The SMILES string of the molecule is Cc1cc(NC(=O)NC2CC2)n(-c2nc(C)c(C)c(=O)[nH]2)n1. The molecule has 8 nitrogen and oxygen atoms in total. The van der Waals surface area contributed by atoms with Crippen molar-refractivity contribution < 1.29 is 4.79 Å². The maximum atomic E-state index is 11.9. The Morgan fingerprint density at radius 3 is 2.73 bits per heavy atom. The Kier molecular flexibility index (Phi) is 3.44. The van der Waals surface area contributed by atoms with Gasteiger partial charge in [-0.25, -0.2) is 9.78 Å². The van der Waals surface area contributed by atoms with Crippen LogP contribution >= 0.6 is 0 Å². The molecule has 0 unspecified atom stereocenters. The van der Waals surface area contributed by atoms with Crippen LogP contribution in [0.15, 0.2) is 10.9 Å². The van der Waals surface area contributed by atoms with Gasteiger partial charge in [0.05, 0.1) is 5.69 Å². The van der Waals surface area contributed by atoms with Gasteiger partial charge >= 0.3 is 6.03 Å². The number of carbonyl (C=O) groups excluding carboxylic acids is 1. The van der Waals surface area contributed by atoms with Crippen LogP contribution in [0.1, 0.15) is 29.8 Å². The van der Waals surface area contributed by atoms with E-state index in [0.717, 1.165) is 12.8 Å². The molecule has 2 aromatic heterocycles. The number of hydrogen-bond donors (Lipinski definition) is 3. The molecular formula is C14H18N6O2. The van der Waals surface area contributed by atoms with Crippen LogP contribution in [0.3, 0.4) is 0 Å². The van der Waals surface area contributed by atoms with E-state index in [1.807, 2.05) is 0 Å². The smallest absolute Gasteiger partial charge is 0.320 e. The van der Waals surface area contributed by atoms with Gasteiger partial charge in [-0.2, -0.15) is 9.78 Å². The van der Waals surface area contributed by atoms with Crippen molar-refractivity contribution in [2.75, 3.05) is 5.32 Å². The van der Waals surface area contributed by atoms with Gasteiger partial charge < -0.3 is 5.32 Å². The molecule has 0 aromatic carbocycles. The number of urea groups is 1. The number of anilines is 1. The van der Waals surface area contributed by atoms with E-state index >= 15 is 0 Å². The lowest BCUT2D eigenvalue weighted by Gasteiger charge is -2.09. The zero-order chi connectivity index (χ0) is 15.9. The molecule has 0 radical (unpaired) electrons. The molecule has 1 aliphatic rings. The Morgan fingerprint density at radius 1 is 1.36 bits per heavy atom. The Bertz CT molecular complexity index is 787. The fraction of sp³-hybridized carbons (Fsp3) is 0.429. The Morgan fingerprint density at radius 2 is 2.09 bits per heavy atom. The summed E-state index contributed by atoms with van der Waals surface area (Å²) in [6, 6.07) is 1.70. The third-order valence-electron chi connectivity index (χ3n) is 3.57. The number of nitrogens with zero attached hydrogens (tertiary/aromatic N) is 3. The number of amides is 2. The molecule has 3 N–H and O–H groups in total. The number of nitrogens with one attached hydrogen (secondary N) is 3. The van der Waals surface area contributed by atoms with Gasteiger partial charge in [0, 0.05) is 23.4 Å². The van der Waals surface area contributed by atoms with Crippen molar-refractivity contribution in [1.82, 2.24) is 25.1 Å². The number of aromatic nitrogens is 4. The van der Waals surface area contributed by atoms with E-state index in [0.29, 0.717) is 22.8 Å². The molecule has 116 valence electrons. The molecule has 1 fully saturated rings. The van der Waals surface area contributed by atoms with E-state index in [1.54, 1.807) is 26.8 Å². The van der Waals surface area contributed by atoms with E-state index in [2.05, 4.69) is 25.7 Å². The third-order valence-corrected chi connectivity index (χ3v) is 3.57. The van der Waals surface area contributed by atoms with Crippen LogP contribution in [-0.2, 0) is 0 Å². The van der Waals surface area contributed by atoms with Gasteiger partial charge in [0.1, 0.15) is 5.82 Å². The second-order valence-electron chi connectivity index (χ2n) is 5.56. The average molecular weight is 302 g/mol. The highest BCUT2D eigenvalue weighted by molar-refractivity contribution is 5.89. The van der Waals surface area contributed by atoms with Crippen molar-refractivity contribution in [3.63, 3.8) is 0 Å². The predicted octanol–water partition coefficient (Wildman–Crippen LogP) is 1.16. The molecule has 0 aliphatic heterocycles. The molecule has 3 rings (SSSR count). The predicted molar refractivity (Wildman–Crippen MR) is 81.4 cm³/mol. The zero-order valence-corrected chi connectivity index (χ0v) is 12.7. The van der Waals surface area contributed by atoms with Gasteiger partial charge in [-0.05, 0) is 33.6 Å². The summed E-state index contributed by atoms with van der Waals surface area (Å²) in [6.07, 6.45) is 2.02. The molecular weight excluding hydrogens is 284 g/mol. The number of H-pyrrole nitrogens is 1. The van der Waals surface area contributed by atoms with Crippen LogP contribution in [-0.4, -0.2) is 31.8 Å². The summed E-state index contributed by atoms with van der Waals surface area (Å²) in [7, 11) is 0. The number of carbonyl (C=O) groups is 1. The molecule has 0 saturated heterocycles. The largest absolute Gasteiger partial charge is 0.335 e. The fourth-order valence-electron chi connectivity index (χ4n) is 2.05. The molecule has 1 saturated carbocycles. The number of aromatic amines is 1. The van der Waals surface area contributed by atoms with Gasteiger partial charge in [-0.1, -0.05) is 0 Å². The first-order valence-electron chi connectivity index (χ1n) is 7.16. The topological polar surface area (TPSA) is 105 Å². The van der Waals surface area contributed by atoms with Crippen LogP contribution in [0.25, 0.3) is 5.95 Å². The molecule has 2 aromatic rings. The minimum absolute atomic E-state index is 0.218. The quantitative estimate of drug-likeness (QED) is 0.791. The van der Waals surface area contributed by atoms with E-state index in [4.69, 9.17) is 0 Å². The maximum Gasteiger partial charge on any atom is 0.320 e. The van der Waals surface area contributed by atoms with Crippen LogP contribution in [0.4, 0.5) is 10.6 Å². The highest BCUT2D eigenvalue weighted by atomic mass is 16.2. The highest BCUT2D eigenvalue weighted by Crippen LogP contribution is 2.19. The lowest BCUT2D eigenvalue weighted by Crippen LogP contribution is -2.31. The Balaban J connectivity index is 1.93. The highest BCUT2D eigenvalue weighted by Gasteiger charge is 2.24. The first kappa shape index (κ1) is 14.3. The maximum absolute atomic E-state index is 11.9. The Labute approximate surface area is 127 Å². The second-order valence-corrected chi connectivity index (χ2v) is 5.56. The standard InChI is InChI=1S/C14H18N6O2/c1-7-6-11(17-14(22)16-10-4-5-10)20(19-7)13-15-9(3)8(2)12(21)18-13/h6,10H,4-5H2,1-3H3,(H,15,18,21)(H2,16,17,22). The van der Waals surface area contributed by atoms with Crippen LogP contribution in [0.2, 0.25) is 0 Å². The Hall–Kier alpha value is -2.64. The third kappa shape index (κ3) is 2.85. The van der Waals surface area contributed by atoms with Crippen LogP contribution in [0.5, 0.6) is 0 Å². The number of rotatable bonds is 3. The molecule has 8 heteroatoms. The number of hydrogen-bond acceptors (Lipinski definition) is 4. The van der Waals surface area contributed by atoms with E-state index < -0.39 is 0 Å². The average Bonchev–Trinajstić information content (AvgIpc) is 3.17. The summed E-state index contributed by atoms with van der Waals surface area (Å²) in [5.41, 5.74) is 1.68. The lowest BCUT2D eigenvalue weighted by atomic mass is 10.3. The fourth-order valence-corrected chi connectivity index (χ4v) is 2.05. The number of aryl methyl sites for hydroxylation is 2. The van der Waals surface area contributed by atoms with Gasteiger partial charge in [-0.15, -0.1) is 0 Å². The molecule has 2 amide bonds. The van der Waals surface area contributed by atoms with E-state index in [1.165, 1.54) is 4.68 Å². The van der Waals surface area contributed by atoms with Crippen molar-refractivity contribution in [3.8, 4) is 5.95 Å². The molecule has 0 atom stereocenters. The van der Waals surface area contributed by atoms with Gasteiger partial charge in [0.2, 0.25) is 5.95 Å². The van der Waals surface area contributed by atoms with Crippen LogP contribution < -0.4 is 16.2 Å².